The molecule has 33 heavy (non-hydrogen) atoms. The highest BCUT2D eigenvalue weighted by molar-refractivity contribution is 9.10. The number of nitrogens with one attached hydrogen (secondary N) is 2. The average Bonchev–Trinajstić information content (AvgIpc) is 2.85. The van der Waals surface area contributed by atoms with Gasteiger partial charge in [0, 0.05) is 23.9 Å². The van der Waals surface area contributed by atoms with Gasteiger partial charge in [-0.25, -0.2) is 4.98 Å². The molecule has 1 aliphatic rings. The molecule has 174 valence electrons. The first-order valence-electron chi connectivity index (χ1n) is 10.7. The summed E-state index contributed by atoms with van der Waals surface area (Å²) in [5.74, 6) is 3.09. The topological polar surface area (TPSA) is 86.8 Å². The number of anilines is 3. The fraction of sp³-hybridized carbons (Fsp3) is 0.333. The number of ether oxygens (including phenoxy) is 4. The van der Waals surface area contributed by atoms with Crippen LogP contribution in [-0.4, -0.2) is 37.3 Å². The van der Waals surface area contributed by atoms with Gasteiger partial charge in [0.25, 0.3) is 0 Å². The number of para-hydroxylation sites is 1. The molecule has 0 bridgehead atoms. The Bertz CT molecular complexity index is 1120. The molecule has 2 N–H and O–H groups in total. The predicted octanol–water partition coefficient (Wildman–Crippen LogP) is 5.94. The van der Waals surface area contributed by atoms with Crippen LogP contribution in [0.4, 0.5) is 17.3 Å². The molecule has 1 unspecified atom stereocenters. The van der Waals surface area contributed by atoms with E-state index >= 15 is 0 Å². The van der Waals surface area contributed by atoms with Gasteiger partial charge in [0.1, 0.15) is 0 Å². The summed E-state index contributed by atoms with van der Waals surface area (Å²) in [4.78, 5) is 8.94. The molecule has 8 nitrogen and oxygen atoms in total. The standard InChI is InChI=1S/C24H27BrN4O4/c1-5-15-10-9-14-7-6-8-18(21(14)27-15)33-23-17(25)13-26-24(29-23)28-16-11-19(30-2)22(32-4)20(12-16)31-3/h6-8,11-13,15,27H,5,9-10H2,1-4H3,(H,26,28,29). The van der Waals surface area contributed by atoms with Crippen molar-refractivity contribution in [1.82, 2.24) is 9.97 Å². The second-order valence-corrected chi connectivity index (χ2v) is 8.42. The first-order valence-corrected chi connectivity index (χ1v) is 11.5. The molecule has 2 heterocycles. The second kappa shape index (κ2) is 10.2. The Morgan fingerprint density at radius 1 is 1.09 bits per heavy atom. The van der Waals surface area contributed by atoms with E-state index in [4.69, 9.17) is 18.9 Å². The van der Waals surface area contributed by atoms with E-state index in [1.54, 1.807) is 39.7 Å². The van der Waals surface area contributed by atoms with Crippen LogP contribution in [-0.2, 0) is 6.42 Å². The van der Waals surface area contributed by atoms with Gasteiger partial charge < -0.3 is 29.6 Å². The van der Waals surface area contributed by atoms with Crippen molar-refractivity contribution < 1.29 is 18.9 Å². The van der Waals surface area contributed by atoms with Crippen molar-refractivity contribution in [3.05, 3.63) is 46.6 Å². The lowest BCUT2D eigenvalue weighted by molar-refractivity contribution is 0.324. The molecule has 4 rings (SSSR count). The first-order chi connectivity index (χ1) is 16.1. The SMILES string of the molecule is CCC1CCc2cccc(Oc3nc(Nc4cc(OC)c(OC)c(OC)c4)ncc3Br)c2N1. The fourth-order valence-electron chi connectivity index (χ4n) is 3.82. The molecule has 0 aliphatic carbocycles. The normalized spacial score (nSPS) is 14.6. The van der Waals surface area contributed by atoms with Crippen LogP contribution in [0.15, 0.2) is 41.0 Å². The Kier molecular flexibility index (Phi) is 7.08. The third-order valence-electron chi connectivity index (χ3n) is 5.56. The van der Waals surface area contributed by atoms with Crippen LogP contribution in [0.3, 0.4) is 0 Å². The minimum atomic E-state index is 0.367. The van der Waals surface area contributed by atoms with E-state index in [0.29, 0.717) is 45.3 Å². The minimum absolute atomic E-state index is 0.367. The molecule has 0 amide bonds. The number of halogens is 1. The predicted molar refractivity (Wildman–Crippen MR) is 132 cm³/mol. The molecule has 1 atom stereocenters. The number of hydrogen-bond donors (Lipinski definition) is 2. The summed E-state index contributed by atoms with van der Waals surface area (Å²) in [7, 11) is 4.70. The van der Waals surface area contributed by atoms with Gasteiger partial charge in [-0.05, 0) is 46.8 Å². The Hall–Kier alpha value is -3.20. The Morgan fingerprint density at radius 3 is 2.52 bits per heavy atom. The maximum absolute atomic E-state index is 6.24. The lowest BCUT2D eigenvalue weighted by Crippen LogP contribution is -2.24. The maximum Gasteiger partial charge on any atom is 0.238 e. The molecule has 0 spiro atoms. The minimum Gasteiger partial charge on any atom is -0.493 e. The van der Waals surface area contributed by atoms with Crippen LogP contribution in [0, 0.1) is 0 Å². The smallest absolute Gasteiger partial charge is 0.238 e. The highest BCUT2D eigenvalue weighted by Crippen LogP contribution is 2.41. The third-order valence-corrected chi connectivity index (χ3v) is 6.10. The maximum atomic E-state index is 6.24. The van der Waals surface area contributed by atoms with Crippen molar-refractivity contribution in [2.45, 2.75) is 32.2 Å². The summed E-state index contributed by atoms with van der Waals surface area (Å²) >= 11 is 3.50. The molecule has 1 aromatic heterocycles. The molecule has 0 saturated carbocycles. The molecule has 0 fully saturated rings. The number of methoxy groups -OCH3 is 3. The van der Waals surface area contributed by atoms with Gasteiger partial charge in [0.15, 0.2) is 17.2 Å². The van der Waals surface area contributed by atoms with Crippen LogP contribution < -0.4 is 29.6 Å². The molecule has 1 aliphatic heterocycles. The number of aromatic nitrogens is 2. The molecule has 9 heteroatoms. The van der Waals surface area contributed by atoms with Crippen molar-refractivity contribution in [2.75, 3.05) is 32.0 Å². The molecule has 0 radical (unpaired) electrons. The van der Waals surface area contributed by atoms with Crippen molar-refractivity contribution in [1.29, 1.82) is 0 Å². The van der Waals surface area contributed by atoms with E-state index in [1.165, 1.54) is 5.56 Å². The van der Waals surface area contributed by atoms with E-state index in [9.17, 15) is 0 Å². The van der Waals surface area contributed by atoms with Gasteiger partial charge in [0.2, 0.25) is 17.6 Å². The second-order valence-electron chi connectivity index (χ2n) is 7.57. The Labute approximate surface area is 201 Å². The molecular weight excluding hydrogens is 488 g/mol. The van der Waals surface area contributed by atoms with Gasteiger partial charge >= 0.3 is 0 Å². The lowest BCUT2D eigenvalue weighted by Gasteiger charge is -2.27. The molecule has 3 aromatic rings. The highest BCUT2D eigenvalue weighted by atomic mass is 79.9. The Morgan fingerprint density at radius 2 is 1.85 bits per heavy atom. The summed E-state index contributed by atoms with van der Waals surface area (Å²) in [6.45, 7) is 2.19. The summed E-state index contributed by atoms with van der Waals surface area (Å²) in [6.07, 6.45) is 4.86. The molecule has 2 aromatic carbocycles. The number of benzene rings is 2. The van der Waals surface area contributed by atoms with Gasteiger partial charge in [-0.1, -0.05) is 19.1 Å². The fourth-order valence-corrected chi connectivity index (χ4v) is 4.09. The summed E-state index contributed by atoms with van der Waals surface area (Å²) in [5.41, 5.74) is 2.96. The number of rotatable bonds is 8. The highest BCUT2D eigenvalue weighted by Gasteiger charge is 2.21. The first kappa shape index (κ1) is 23.0. The van der Waals surface area contributed by atoms with Gasteiger partial charge in [-0.15, -0.1) is 0 Å². The van der Waals surface area contributed by atoms with E-state index in [0.717, 1.165) is 30.7 Å². The van der Waals surface area contributed by atoms with E-state index in [2.05, 4.69) is 49.5 Å². The average molecular weight is 515 g/mol. The van der Waals surface area contributed by atoms with Crippen molar-refractivity contribution >= 4 is 33.3 Å². The lowest BCUT2D eigenvalue weighted by atomic mass is 9.96. The van der Waals surface area contributed by atoms with Crippen molar-refractivity contribution in [3.63, 3.8) is 0 Å². The Balaban J connectivity index is 1.62. The number of aryl methyl sites for hydroxylation is 1. The largest absolute Gasteiger partial charge is 0.493 e. The number of nitrogens with zero attached hydrogens (tertiary/aromatic N) is 2. The van der Waals surface area contributed by atoms with Crippen LogP contribution in [0.25, 0.3) is 0 Å². The van der Waals surface area contributed by atoms with E-state index in [-0.39, 0.29) is 0 Å². The third kappa shape index (κ3) is 4.93. The van der Waals surface area contributed by atoms with Crippen LogP contribution in [0.1, 0.15) is 25.3 Å². The summed E-state index contributed by atoms with van der Waals surface area (Å²) in [6, 6.07) is 10.1. The van der Waals surface area contributed by atoms with E-state index < -0.39 is 0 Å². The van der Waals surface area contributed by atoms with Crippen LogP contribution in [0.2, 0.25) is 0 Å². The number of hydrogen-bond acceptors (Lipinski definition) is 8. The number of fused-ring (bicyclic) bond motifs is 1. The zero-order chi connectivity index (χ0) is 23.4. The van der Waals surface area contributed by atoms with Crippen molar-refractivity contribution in [2.24, 2.45) is 0 Å². The van der Waals surface area contributed by atoms with Gasteiger partial charge in [-0.2, -0.15) is 4.98 Å². The zero-order valence-corrected chi connectivity index (χ0v) is 20.7. The van der Waals surface area contributed by atoms with Crippen LogP contribution in [0.5, 0.6) is 28.9 Å². The van der Waals surface area contributed by atoms with Crippen LogP contribution >= 0.6 is 15.9 Å². The summed E-state index contributed by atoms with van der Waals surface area (Å²) < 4.78 is 23.1. The van der Waals surface area contributed by atoms with Gasteiger partial charge in [0.05, 0.1) is 37.7 Å². The monoisotopic (exact) mass is 514 g/mol. The quantitative estimate of drug-likeness (QED) is 0.382. The van der Waals surface area contributed by atoms with E-state index in [1.807, 2.05) is 12.1 Å². The molecular formula is C24H27BrN4O4. The van der Waals surface area contributed by atoms with Crippen molar-refractivity contribution in [3.8, 4) is 28.9 Å². The zero-order valence-electron chi connectivity index (χ0n) is 19.1. The summed E-state index contributed by atoms with van der Waals surface area (Å²) in [5, 5.41) is 6.79. The van der Waals surface area contributed by atoms with Gasteiger partial charge in [-0.3, -0.25) is 0 Å². The molecule has 0 saturated heterocycles.